The fourth-order valence-electron chi connectivity index (χ4n) is 3.52. The van der Waals surface area contributed by atoms with Crippen molar-refractivity contribution in [3.05, 3.63) is 48.0 Å². The SMILES string of the molecule is C=CCOC(=O)N1CCN(CCCc2ccc(C(F)(F)F)cc2)C(CCCO)C1. The molecule has 1 fully saturated rings. The summed E-state index contributed by atoms with van der Waals surface area (Å²) < 4.78 is 43.1. The van der Waals surface area contributed by atoms with Crippen LogP contribution in [0.2, 0.25) is 0 Å². The van der Waals surface area contributed by atoms with E-state index in [-0.39, 0.29) is 25.3 Å². The van der Waals surface area contributed by atoms with E-state index in [1.165, 1.54) is 18.2 Å². The van der Waals surface area contributed by atoms with Crippen molar-refractivity contribution in [3.8, 4) is 0 Å². The molecule has 0 aromatic heterocycles. The minimum Gasteiger partial charge on any atom is -0.445 e. The number of piperazine rings is 1. The van der Waals surface area contributed by atoms with Gasteiger partial charge in [-0.05, 0) is 49.9 Å². The number of hydrogen-bond donors (Lipinski definition) is 1. The zero-order valence-corrected chi connectivity index (χ0v) is 16.5. The maximum absolute atomic E-state index is 12.7. The molecule has 1 saturated heterocycles. The number of aryl methyl sites for hydroxylation is 1. The molecule has 1 aliphatic rings. The second kappa shape index (κ2) is 11.2. The normalized spacial score (nSPS) is 17.9. The van der Waals surface area contributed by atoms with Gasteiger partial charge in [0.2, 0.25) is 0 Å². The standard InChI is InChI=1S/C21H29F3N2O3/c1-2-15-29-20(28)26-13-12-25(19(16-26)6-4-14-27)11-3-5-17-7-9-18(10-8-17)21(22,23)24/h2,7-10,19,27H,1,3-6,11-16H2. The Morgan fingerprint density at radius 2 is 1.97 bits per heavy atom. The van der Waals surface area contributed by atoms with Gasteiger partial charge in [0, 0.05) is 32.3 Å². The van der Waals surface area contributed by atoms with Gasteiger partial charge in [0.1, 0.15) is 6.61 Å². The van der Waals surface area contributed by atoms with Crippen LogP contribution < -0.4 is 0 Å². The summed E-state index contributed by atoms with van der Waals surface area (Å²) in [6.07, 6.45) is -0.237. The summed E-state index contributed by atoms with van der Waals surface area (Å²) in [5, 5.41) is 9.16. The van der Waals surface area contributed by atoms with Gasteiger partial charge in [-0.2, -0.15) is 13.2 Å². The highest BCUT2D eigenvalue weighted by Crippen LogP contribution is 2.29. The maximum Gasteiger partial charge on any atom is 0.416 e. The quantitative estimate of drug-likeness (QED) is 0.626. The van der Waals surface area contributed by atoms with Crippen molar-refractivity contribution in [1.82, 2.24) is 9.80 Å². The summed E-state index contributed by atoms with van der Waals surface area (Å²) in [7, 11) is 0. The van der Waals surface area contributed by atoms with Crippen molar-refractivity contribution in [2.24, 2.45) is 0 Å². The minimum atomic E-state index is -4.31. The molecule has 0 radical (unpaired) electrons. The third-order valence-corrected chi connectivity index (χ3v) is 5.08. The largest absolute Gasteiger partial charge is 0.445 e. The van der Waals surface area contributed by atoms with E-state index in [9.17, 15) is 18.0 Å². The Kier molecular flexibility index (Phi) is 8.98. The number of alkyl halides is 3. The number of aliphatic hydroxyl groups is 1. The number of ether oxygens (including phenoxy) is 1. The molecule has 162 valence electrons. The van der Waals surface area contributed by atoms with Crippen molar-refractivity contribution >= 4 is 6.09 Å². The van der Waals surface area contributed by atoms with E-state index in [4.69, 9.17) is 9.84 Å². The van der Waals surface area contributed by atoms with Crippen LogP contribution in [0.1, 0.15) is 30.4 Å². The third kappa shape index (κ3) is 7.36. The second-order valence-corrected chi connectivity index (χ2v) is 7.17. The Labute approximate surface area is 169 Å². The first-order valence-corrected chi connectivity index (χ1v) is 9.88. The Morgan fingerprint density at radius 1 is 1.24 bits per heavy atom. The number of carbonyl (C=O) groups excluding carboxylic acids is 1. The van der Waals surface area contributed by atoms with Crippen LogP contribution >= 0.6 is 0 Å². The number of amides is 1. The molecule has 1 aromatic carbocycles. The smallest absolute Gasteiger partial charge is 0.416 e. The first kappa shape index (κ1) is 23.2. The van der Waals surface area contributed by atoms with Crippen LogP contribution in [0.15, 0.2) is 36.9 Å². The summed E-state index contributed by atoms with van der Waals surface area (Å²) >= 11 is 0. The molecule has 1 amide bonds. The lowest BCUT2D eigenvalue weighted by atomic mass is 10.0. The Balaban J connectivity index is 1.86. The van der Waals surface area contributed by atoms with Crippen molar-refractivity contribution in [2.45, 2.75) is 37.9 Å². The summed E-state index contributed by atoms with van der Waals surface area (Å²) in [6, 6.07) is 5.42. The van der Waals surface area contributed by atoms with Crippen molar-refractivity contribution in [1.29, 1.82) is 0 Å². The second-order valence-electron chi connectivity index (χ2n) is 7.17. The van der Waals surface area contributed by atoms with Gasteiger partial charge < -0.3 is 14.7 Å². The number of hydrogen-bond acceptors (Lipinski definition) is 4. The fraction of sp³-hybridized carbons (Fsp3) is 0.571. The number of benzene rings is 1. The molecule has 2 rings (SSSR count). The molecule has 1 unspecified atom stereocenters. The Hall–Kier alpha value is -2.06. The van der Waals surface area contributed by atoms with Gasteiger partial charge in [-0.25, -0.2) is 4.79 Å². The van der Waals surface area contributed by atoms with Crippen molar-refractivity contribution in [2.75, 3.05) is 39.4 Å². The molecular weight excluding hydrogens is 385 g/mol. The van der Waals surface area contributed by atoms with Crippen LogP contribution in [0, 0.1) is 0 Å². The zero-order chi connectivity index (χ0) is 21.3. The number of aliphatic hydroxyl groups excluding tert-OH is 1. The van der Waals surface area contributed by atoms with Gasteiger partial charge in [0.15, 0.2) is 0 Å². The average molecular weight is 414 g/mol. The lowest BCUT2D eigenvalue weighted by Crippen LogP contribution is -2.55. The minimum absolute atomic E-state index is 0.0941. The van der Waals surface area contributed by atoms with E-state index < -0.39 is 11.7 Å². The van der Waals surface area contributed by atoms with Gasteiger partial charge in [-0.15, -0.1) is 0 Å². The van der Waals surface area contributed by atoms with E-state index in [1.54, 1.807) is 4.90 Å². The van der Waals surface area contributed by atoms with Gasteiger partial charge in [-0.1, -0.05) is 24.8 Å². The van der Waals surface area contributed by atoms with Gasteiger partial charge in [0.25, 0.3) is 0 Å². The van der Waals surface area contributed by atoms with Gasteiger partial charge >= 0.3 is 12.3 Å². The molecular formula is C21H29F3N2O3. The maximum atomic E-state index is 12.7. The summed E-state index contributed by atoms with van der Waals surface area (Å²) in [5.74, 6) is 0. The molecule has 0 bridgehead atoms. The van der Waals surface area contributed by atoms with Crippen LogP contribution in [0.4, 0.5) is 18.0 Å². The lowest BCUT2D eigenvalue weighted by molar-refractivity contribution is -0.137. The van der Waals surface area contributed by atoms with Gasteiger partial charge in [-0.3, -0.25) is 4.90 Å². The summed E-state index contributed by atoms with van der Waals surface area (Å²) in [6.45, 7) is 6.39. The molecule has 1 heterocycles. The average Bonchev–Trinajstić information content (AvgIpc) is 2.70. The van der Waals surface area contributed by atoms with E-state index in [0.29, 0.717) is 32.5 Å². The molecule has 1 aromatic rings. The molecule has 0 spiro atoms. The summed E-state index contributed by atoms with van der Waals surface area (Å²) in [5.41, 5.74) is 0.237. The topological polar surface area (TPSA) is 53.0 Å². The Morgan fingerprint density at radius 3 is 2.59 bits per heavy atom. The highest BCUT2D eigenvalue weighted by atomic mass is 19.4. The van der Waals surface area contributed by atoms with Crippen molar-refractivity contribution in [3.63, 3.8) is 0 Å². The van der Waals surface area contributed by atoms with Crippen LogP contribution in [0.3, 0.4) is 0 Å². The fourth-order valence-corrected chi connectivity index (χ4v) is 3.52. The number of halogens is 3. The highest BCUT2D eigenvalue weighted by Gasteiger charge is 2.30. The summed E-state index contributed by atoms with van der Waals surface area (Å²) in [4.78, 5) is 16.1. The molecule has 0 saturated carbocycles. The first-order valence-electron chi connectivity index (χ1n) is 9.88. The van der Waals surface area contributed by atoms with Crippen LogP contribution in [0.5, 0.6) is 0 Å². The zero-order valence-electron chi connectivity index (χ0n) is 16.5. The van der Waals surface area contributed by atoms with Gasteiger partial charge in [0.05, 0.1) is 5.56 Å². The molecule has 8 heteroatoms. The van der Waals surface area contributed by atoms with Crippen molar-refractivity contribution < 1.29 is 27.8 Å². The predicted octanol–water partition coefficient (Wildman–Crippen LogP) is 3.72. The number of carbonyl (C=O) groups is 1. The molecule has 29 heavy (non-hydrogen) atoms. The third-order valence-electron chi connectivity index (χ3n) is 5.08. The van der Waals surface area contributed by atoms with E-state index in [1.807, 2.05) is 0 Å². The molecule has 1 aliphatic heterocycles. The lowest BCUT2D eigenvalue weighted by Gasteiger charge is -2.41. The van der Waals surface area contributed by atoms with E-state index in [0.717, 1.165) is 37.1 Å². The first-order chi connectivity index (χ1) is 13.8. The molecule has 0 aliphatic carbocycles. The van der Waals surface area contributed by atoms with Crippen LogP contribution in [-0.2, 0) is 17.3 Å². The van der Waals surface area contributed by atoms with Crippen LogP contribution in [0.25, 0.3) is 0 Å². The van der Waals surface area contributed by atoms with E-state index in [2.05, 4.69) is 11.5 Å². The highest BCUT2D eigenvalue weighted by molar-refractivity contribution is 5.67. The molecule has 5 nitrogen and oxygen atoms in total. The van der Waals surface area contributed by atoms with Crippen LogP contribution in [-0.4, -0.2) is 66.4 Å². The molecule has 1 N–H and O–H groups in total. The van der Waals surface area contributed by atoms with E-state index >= 15 is 0 Å². The number of nitrogens with zero attached hydrogens (tertiary/aromatic N) is 2. The Bertz CT molecular complexity index is 650. The number of rotatable bonds is 9. The monoisotopic (exact) mass is 414 g/mol. The predicted molar refractivity (Wildman–Crippen MR) is 105 cm³/mol. The molecule has 1 atom stereocenters.